The summed E-state index contributed by atoms with van der Waals surface area (Å²) in [7, 11) is 0. The molecule has 1 N–H and O–H groups in total. The maximum atomic E-state index is 12.3. The molecule has 2 rings (SSSR count). The molecular weight excluding hydrogens is 272 g/mol. The number of hydrogen-bond acceptors (Lipinski definition) is 4. The first-order valence-corrected chi connectivity index (χ1v) is 6.28. The summed E-state index contributed by atoms with van der Waals surface area (Å²) >= 11 is 5.79. The molecule has 1 saturated heterocycles. The van der Waals surface area contributed by atoms with E-state index in [0.29, 0.717) is 19.4 Å². The average Bonchev–Trinajstić information content (AvgIpc) is 2.37. The monoisotopic (exact) mass is 284 g/mol. The number of nitro groups is 1. The van der Waals surface area contributed by atoms with Gasteiger partial charge in [0.15, 0.2) is 0 Å². The number of carbonyl (C=O) groups is 1. The molecule has 1 aromatic rings. The molecule has 0 aromatic heterocycles. The Balaban J connectivity index is 2.32. The highest BCUT2D eigenvalue weighted by molar-refractivity contribution is 6.31. The van der Waals surface area contributed by atoms with Crippen molar-refractivity contribution in [2.45, 2.75) is 18.9 Å². The summed E-state index contributed by atoms with van der Waals surface area (Å²) in [5, 5.41) is 20.8. The number of β-amino-alcohol motifs (C(OH)–C–C–N with tert-alkyl or cyclic N) is 1. The highest BCUT2D eigenvalue weighted by atomic mass is 35.5. The van der Waals surface area contributed by atoms with E-state index in [1.165, 1.54) is 23.1 Å². The molecule has 1 fully saturated rings. The molecular formula is C12H13ClN2O4. The van der Waals surface area contributed by atoms with Crippen molar-refractivity contribution in [2.24, 2.45) is 0 Å². The molecule has 0 radical (unpaired) electrons. The van der Waals surface area contributed by atoms with E-state index in [1.54, 1.807) is 0 Å². The van der Waals surface area contributed by atoms with Gasteiger partial charge < -0.3 is 10.0 Å². The van der Waals surface area contributed by atoms with E-state index in [9.17, 15) is 20.0 Å². The standard InChI is InChI=1S/C12H13ClN2O4/c13-8-3-4-11(15(18)19)10(6-8)12(17)14-5-1-2-9(16)7-14/h3-4,6,9,16H,1-2,5,7H2. The quantitative estimate of drug-likeness (QED) is 0.663. The number of amides is 1. The highest BCUT2D eigenvalue weighted by Gasteiger charge is 2.28. The number of benzene rings is 1. The molecule has 1 aliphatic rings. The van der Waals surface area contributed by atoms with Crippen LogP contribution in [0.1, 0.15) is 23.2 Å². The van der Waals surface area contributed by atoms with Crippen molar-refractivity contribution in [1.29, 1.82) is 0 Å². The number of rotatable bonds is 2. The third-order valence-electron chi connectivity index (χ3n) is 3.07. The van der Waals surface area contributed by atoms with Crippen molar-refractivity contribution in [3.8, 4) is 0 Å². The zero-order valence-corrected chi connectivity index (χ0v) is 10.8. The van der Waals surface area contributed by atoms with Crippen LogP contribution in [0, 0.1) is 10.1 Å². The van der Waals surface area contributed by atoms with E-state index in [-0.39, 0.29) is 22.8 Å². The van der Waals surface area contributed by atoms with Crippen LogP contribution in [0.4, 0.5) is 5.69 Å². The van der Waals surface area contributed by atoms with Gasteiger partial charge in [0.2, 0.25) is 0 Å². The SMILES string of the molecule is O=C(c1cc(Cl)ccc1[N+](=O)[O-])N1CCCC(O)C1. The predicted octanol–water partition coefficient (Wildman–Crippen LogP) is 1.85. The second kappa shape index (κ2) is 5.54. The zero-order chi connectivity index (χ0) is 14.0. The van der Waals surface area contributed by atoms with Crippen molar-refractivity contribution in [3.63, 3.8) is 0 Å². The van der Waals surface area contributed by atoms with Gasteiger partial charge in [-0.3, -0.25) is 14.9 Å². The van der Waals surface area contributed by atoms with E-state index in [1.807, 2.05) is 0 Å². The lowest BCUT2D eigenvalue weighted by molar-refractivity contribution is -0.385. The fourth-order valence-electron chi connectivity index (χ4n) is 2.15. The Kier molecular flexibility index (Phi) is 4.01. The molecule has 1 unspecified atom stereocenters. The molecule has 0 aliphatic carbocycles. The number of carbonyl (C=O) groups excluding carboxylic acids is 1. The van der Waals surface area contributed by atoms with E-state index in [0.717, 1.165) is 0 Å². The lowest BCUT2D eigenvalue weighted by Crippen LogP contribution is -2.42. The van der Waals surface area contributed by atoms with Gasteiger partial charge in [0.25, 0.3) is 11.6 Å². The minimum absolute atomic E-state index is 0.0356. The van der Waals surface area contributed by atoms with Gasteiger partial charge in [-0.2, -0.15) is 0 Å². The third-order valence-corrected chi connectivity index (χ3v) is 3.30. The van der Waals surface area contributed by atoms with E-state index >= 15 is 0 Å². The van der Waals surface area contributed by atoms with Crippen LogP contribution >= 0.6 is 11.6 Å². The van der Waals surface area contributed by atoms with Gasteiger partial charge in [0, 0.05) is 24.2 Å². The number of aliphatic hydroxyl groups is 1. The van der Waals surface area contributed by atoms with Gasteiger partial charge in [-0.05, 0) is 25.0 Å². The fourth-order valence-corrected chi connectivity index (χ4v) is 2.32. The van der Waals surface area contributed by atoms with Crippen molar-refractivity contribution < 1.29 is 14.8 Å². The first-order chi connectivity index (χ1) is 8.99. The van der Waals surface area contributed by atoms with Crippen LogP contribution in [0.15, 0.2) is 18.2 Å². The Bertz CT molecular complexity index is 520. The van der Waals surface area contributed by atoms with E-state index in [2.05, 4.69) is 0 Å². The lowest BCUT2D eigenvalue weighted by Gasteiger charge is -2.30. The van der Waals surface area contributed by atoms with Gasteiger partial charge in [-0.1, -0.05) is 11.6 Å². The lowest BCUT2D eigenvalue weighted by atomic mass is 10.1. The normalized spacial score (nSPS) is 19.3. The molecule has 1 heterocycles. The van der Waals surface area contributed by atoms with Crippen molar-refractivity contribution >= 4 is 23.2 Å². The zero-order valence-electron chi connectivity index (χ0n) is 10.1. The van der Waals surface area contributed by atoms with Crippen LogP contribution in [-0.2, 0) is 0 Å². The predicted molar refractivity (Wildman–Crippen MR) is 69.3 cm³/mol. The molecule has 7 heteroatoms. The second-order valence-corrected chi connectivity index (χ2v) is 4.90. The van der Waals surface area contributed by atoms with Gasteiger partial charge in [0.05, 0.1) is 11.0 Å². The Morgan fingerprint density at radius 2 is 2.26 bits per heavy atom. The minimum atomic E-state index is -0.607. The first kappa shape index (κ1) is 13.8. The van der Waals surface area contributed by atoms with Crippen molar-refractivity contribution in [1.82, 2.24) is 4.90 Å². The molecule has 1 aliphatic heterocycles. The van der Waals surface area contributed by atoms with E-state index < -0.39 is 16.9 Å². The minimum Gasteiger partial charge on any atom is -0.391 e. The highest BCUT2D eigenvalue weighted by Crippen LogP contribution is 2.25. The Hall–Kier alpha value is -1.66. The number of likely N-dealkylation sites (tertiary alicyclic amines) is 1. The summed E-state index contributed by atoms with van der Waals surface area (Å²) in [4.78, 5) is 24.0. The second-order valence-electron chi connectivity index (χ2n) is 4.47. The summed E-state index contributed by atoms with van der Waals surface area (Å²) in [5.74, 6) is -0.465. The molecule has 0 spiro atoms. The van der Waals surface area contributed by atoms with Gasteiger partial charge >= 0.3 is 0 Å². The molecule has 19 heavy (non-hydrogen) atoms. The summed E-state index contributed by atoms with van der Waals surface area (Å²) in [5.41, 5.74) is -0.305. The summed E-state index contributed by atoms with van der Waals surface area (Å²) < 4.78 is 0. The molecule has 0 bridgehead atoms. The molecule has 1 aromatic carbocycles. The topological polar surface area (TPSA) is 83.7 Å². The summed E-state index contributed by atoms with van der Waals surface area (Å²) in [6.45, 7) is 0.683. The fraction of sp³-hybridized carbons (Fsp3) is 0.417. The number of hydrogen-bond donors (Lipinski definition) is 1. The molecule has 102 valence electrons. The number of nitro benzene ring substituents is 1. The largest absolute Gasteiger partial charge is 0.391 e. The summed E-state index contributed by atoms with van der Waals surface area (Å²) in [6, 6.07) is 3.89. The van der Waals surface area contributed by atoms with Gasteiger partial charge in [-0.15, -0.1) is 0 Å². The van der Waals surface area contributed by atoms with Gasteiger partial charge in [0.1, 0.15) is 5.56 Å². The van der Waals surface area contributed by atoms with E-state index in [4.69, 9.17) is 11.6 Å². The summed E-state index contributed by atoms with van der Waals surface area (Å²) in [6.07, 6.45) is 0.749. The maximum Gasteiger partial charge on any atom is 0.282 e. The smallest absolute Gasteiger partial charge is 0.282 e. The molecule has 0 saturated carbocycles. The van der Waals surface area contributed by atoms with Crippen molar-refractivity contribution in [2.75, 3.05) is 13.1 Å². The van der Waals surface area contributed by atoms with Crippen LogP contribution in [0.5, 0.6) is 0 Å². The molecule has 1 amide bonds. The van der Waals surface area contributed by atoms with Gasteiger partial charge in [-0.25, -0.2) is 0 Å². The van der Waals surface area contributed by atoms with Crippen LogP contribution in [0.2, 0.25) is 5.02 Å². The molecule has 6 nitrogen and oxygen atoms in total. The first-order valence-electron chi connectivity index (χ1n) is 5.90. The number of aliphatic hydroxyl groups excluding tert-OH is 1. The third kappa shape index (κ3) is 3.02. The Morgan fingerprint density at radius 3 is 2.89 bits per heavy atom. The van der Waals surface area contributed by atoms with Crippen LogP contribution < -0.4 is 0 Å². The Labute approximate surface area is 114 Å². The Morgan fingerprint density at radius 1 is 1.53 bits per heavy atom. The van der Waals surface area contributed by atoms with Crippen LogP contribution in [0.25, 0.3) is 0 Å². The average molecular weight is 285 g/mol. The number of halogens is 1. The van der Waals surface area contributed by atoms with Crippen LogP contribution in [0.3, 0.4) is 0 Å². The maximum absolute atomic E-state index is 12.3. The molecule has 1 atom stereocenters. The van der Waals surface area contributed by atoms with Crippen molar-refractivity contribution in [3.05, 3.63) is 38.9 Å². The van der Waals surface area contributed by atoms with Crippen LogP contribution in [-0.4, -0.2) is 40.0 Å². The number of nitrogens with zero attached hydrogens (tertiary/aromatic N) is 2. The number of piperidine rings is 1.